The van der Waals surface area contributed by atoms with E-state index in [9.17, 15) is 0 Å². The molecule has 5 heteroatoms. The lowest BCUT2D eigenvalue weighted by atomic mass is 9.95. The van der Waals surface area contributed by atoms with Gasteiger partial charge in [0.05, 0.1) is 0 Å². The van der Waals surface area contributed by atoms with Crippen molar-refractivity contribution in [3.05, 3.63) is 44.6 Å². The number of nitrogens with one attached hydrogen (secondary N) is 1. The number of benzene rings is 1. The summed E-state index contributed by atoms with van der Waals surface area (Å²) in [5, 5.41) is 5.78. The topological polar surface area (TPSA) is 30.5 Å². The second-order valence-electron chi connectivity index (χ2n) is 5.74. The molecular weight excluding hydrogens is 362 g/mol. The molecule has 0 saturated heterocycles. The number of halogens is 1. The van der Waals surface area contributed by atoms with Crippen LogP contribution in [-0.2, 0) is 6.54 Å². The van der Waals surface area contributed by atoms with E-state index in [-0.39, 0.29) is 6.04 Å². The molecule has 1 aromatic heterocycles. The highest BCUT2D eigenvalue weighted by Crippen LogP contribution is 2.34. The molecule has 1 aliphatic heterocycles. The fraction of sp³-hybridized carbons (Fsp3) is 0.412. The molecule has 22 heavy (non-hydrogen) atoms. The summed E-state index contributed by atoms with van der Waals surface area (Å²) >= 11 is 5.27. The molecule has 0 spiro atoms. The van der Waals surface area contributed by atoms with Gasteiger partial charge in [-0.2, -0.15) is 0 Å². The Morgan fingerprint density at radius 2 is 1.95 bits per heavy atom. The van der Waals surface area contributed by atoms with Crippen molar-refractivity contribution in [1.29, 1.82) is 0 Å². The predicted octanol–water partition coefficient (Wildman–Crippen LogP) is 4.77. The molecule has 2 aromatic rings. The highest BCUT2D eigenvalue weighted by atomic mass is 79.9. The first-order valence-corrected chi connectivity index (χ1v) is 9.16. The van der Waals surface area contributed by atoms with E-state index in [0.29, 0.717) is 19.1 Å². The molecule has 0 fully saturated rings. The van der Waals surface area contributed by atoms with Crippen molar-refractivity contribution in [2.75, 3.05) is 13.2 Å². The smallest absolute Gasteiger partial charge is 0.161 e. The van der Waals surface area contributed by atoms with Crippen molar-refractivity contribution in [2.45, 2.75) is 26.4 Å². The van der Waals surface area contributed by atoms with E-state index in [0.717, 1.165) is 22.5 Å². The summed E-state index contributed by atoms with van der Waals surface area (Å²) in [4.78, 5) is 1.33. The molecule has 118 valence electrons. The summed E-state index contributed by atoms with van der Waals surface area (Å²) < 4.78 is 12.5. The third-order valence-corrected chi connectivity index (χ3v) is 5.41. The van der Waals surface area contributed by atoms with Gasteiger partial charge in [-0.25, -0.2) is 0 Å². The first-order chi connectivity index (χ1) is 10.6. The van der Waals surface area contributed by atoms with Gasteiger partial charge in [0.15, 0.2) is 11.5 Å². The zero-order chi connectivity index (χ0) is 15.5. The average molecular weight is 382 g/mol. The van der Waals surface area contributed by atoms with Crippen LogP contribution in [0.1, 0.15) is 30.3 Å². The number of ether oxygens (including phenoxy) is 2. The van der Waals surface area contributed by atoms with Gasteiger partial charge in [-0.1, -0.05) is 19.9 Å². The van der Waals surface area contributed by atoms with Gasteiger partial charge in [0, 0.05) is 27.3 Å². The molecule has 0 bridgehead atoms. The van der Waals surface area contributed by atoms with Crippen LogP contribution in [0.25, 0.3) is 0 Å². The normalized spacial score (nSPS) is 15.1. The van der Waals surface area contributed by atoms with E-state index < -0.39 is 0 Å². The lowest BCUT2D eigenvalue weighted by molar-refractivity contribution is 0.171. The number of hydrogen-bond acceptors (Lipinski definition) is 4. The van der Waals surface area contributed by atoms with Gasteiger partial charge in [-0.05, 0) is 45.6 Å². The Balaban J connectivity index is 1.75. The summed E-state index contributed by atoms with van der Waals surface area (Å²) in [6.45, 7) is 6.59. The molecule has 1 atom stereocenters. The van der Waals surface area contributed by atoms with Gasteiger partial charge in [0.1, 0.15) is 13.2 Å². The number of thiophene rings is 1. The zero-order valence-corrected chi connectivity index (χ0v) is 15.2. The van der Waals surface area contributed by atoms with E-state index in [1.807, 2.05) is 6.07 Å². The zero-order valence-electron chi connectivity index (χ0n) is 12.8. The van der Waals surface area contributed by atoms with Crippen LogP contribution in [0.3, 0.4) is 0 Å². The quantitative estimate of drug-likeness (QED) is 0.808. The van der Waals surface area contributed by atoms with E-state index in [1.165, 1.54) is 10.4 Å². The van der Waals surface area contributed by atoms with E-state index in [2.05, 4.69) is 58.7 Å². The Bertz CT molecular complexity index is 641. The fourth-order valence-electron chi connectivity index (χ4n) is 2.65. The molecule has 0 amide bonds. The Morgan fingerprint density at radius 3 is 2.64 bits per heavy atom. The van der Waals surface area contributed by atoms with Crippen LogP contribution in [0, 0.1) is 5.92 Å². The minimum absolute atomic E-state index is 0.289. The van der Waals surface area contributed by atoms with Crippen molar-refractivity contribution in [3.8, 4) is 11.5 Å². The lowest BCUT2D eigenvalue weighted by Crippen LogP contribution is -2.25. The first-order valence-electron chi connectivity index (χ1n) is 7.49. The van der Waals surface area contributed by atoms with Crippen LogP contribution in [-0.4, -0.2) is 13.2 Å². The third-order valence-electron chi connectivity index (χ3n) is 3.71. The van der Waals surface area contributed by atoms with Gasteiger partial charge in [-0.3, -0.25) is 0 Å². The molecule has 0 aliphatic carbocycles. The van der Waals surface area contributed by atoms with Crippen molar-refractivity contribution >= 4 is 27.3 Å². The standard InChI is InChI=1S/C17H20BrNO2S/c1-11(2)17(19-9-14-8-13(18)10-22-14)12-3-4-15-16(7-12)21-6-5-20-15/h3-4,7-8,10-11,17,19H,5-6,9H2,1-2H3. The van der Waals surface area contributed by atoms with Crippen LogP contribution >= 0.6 is 27.3 Å². The van der Waals surface area contributed by atoms with Gasteiger partial charge in [0.25, 0.3) is 0 Å². The maximum absolute atomic E-state index is 5.70. The van der Waals surface area contributed by atoms with Crippen LogP contribution in [0.4, 0.5) is 0 Å². The Hall–Kier alpha value is -1.04. The van der Waals surface area contributed by atoms with Crippen LogP contribution in [0.15, 0.2) is 34.1 Å². The van der Waals surface area contributed by atoms with Crippen LogP contribution < -0.4 is 14.8 Å². The highest BCUT2D eigenvalue weighted by molar-refractivity contribution is 9.10. The number of fused-ring (bicyclic) bond motifs is 1. The summed E-state index contributed by atoms with van der Waals surface area (Å²) in [6, 6.07) is 8.71. The number of hydrogen-bond donors (Lipinski definition) is 1. The monoisotopic (exact) mass is 381 g/mol. The SMILES string of the molecule is CC(C)C(NCc1cc(Br)cs1)c1ccc2c(c1)OCCO2. The van der Waals surface area contributed by atoms with Crippen molar-refractivity contribution < 1.29 is 9.47 Å². The molecule has 1 aliphatic rings. The first kappa shape index (κ1) is 15.8. The summed E-state index contributed by atoms with van der Waals surface area (Å²) in [5.41, 5.74) is 1.25. The second kappa shape index (κ2) is 7.02. The molecule has 1 N–H and O–H groups in total. The van der Waals surface area contributed by atoms with Gasteiger partial charge in [0.2, 0.25) is 0 Å². The molecule has 0 radical (unpaired) electrons. The molecule has 1 unspecified atom stereocenters. The Kier molecular flexibility index (Phi) is 5.06. The lowest BCUT2D eigenvalue weighted by Gasteiger charge is -2.25. The maximum Gasteiger partial charge on any atom is 0.161 e. The average Bonchev–Trinajstić information content (AvgIpc) is 2.92. The molecule has 3 rings (SSSR count). The highest BCUT2D eigenvalue weighted by Gasteiger charge is 2.19. The molecule has 3 nitrogen and oxygen atoms in total. The molecular formula is C17H20BrNO2S. The van der Waals surface area contributed by atoms with Crippen molar-refractivity contribution in [2.24, 2.45) is 5.92 Å². The molecule has 1 aromatic carbocycles. The van der Waals surface area contributed by atoms with Gasteiger partial charge < -0.3 is 14.8 Å². The van der Waals surface area contributed by atoms with Gasteiger partial charge >= 0.3 is 0 Å². The largest absolute Gasteiger partial charge is 0.486 e. The van der Waals surface area contributed by atoms with Crippen molar-refractivity contribution in [1.82, 2.24) is 5.32 Å². The van der Waals surface area contributed by atoms with E-state index in [1.54, 1.807) is 11.3 Å². The molecule has 2 heterocycles. The minimum Gasteiger partial charge on any atom is -0.486 e. The van der Waals surface area contributed by atoms with E-state index >= 15 is 0 Å². The number of rotatable bonds is 5. The minimum atomic E-state index is 0.289. The second-order valence-corrected chi connectivity index (χ2v) is 7.65. The summed E-state index contributed by atoms with van der Waals surface area (Å²) in [5.74, 6) is 2.20. The third kappa shape index (κ3) is 3.65. The Labute approximate surface area is 143 Å². The fourth-order valence-corrected chi connectivity index (χ4v) is 4.05. The molecule has 0 saturated carbocycles. The Morgan fingerprint density at radius 1 is 1.18 bits per heavy atom. The van der Waals surface area contributed by atoms with Gasteiger partial charge in [-0.15, -0.1) is 11.3 Å². The summed E-state index contributed by atoms with van der Waals surface area (Å²) in [6.07, 6.45) is 0. The van der Waals surface area contributed by atoms with E-state index in [4.69, 9.17) is 9.47 Å². The van der Waals surface area contributed by atoms with Crippen LogP contribution in [0.5, 0.6) is 11.5 Å². The van der Waals surface area contributed by atoms with Crippen molar-refractivity contribution in [3.63, 3.8) is 0 Å². The maximum atomic E-state index is 5.70. The van der Waals surface area contributed by atoms with Crippen LogP contribution in [0.2, 0.25) is 0 Å². The predicted molar refractivity (Wildman–Crippen MR) is 93.9 cm³/mol. The summed E-state index contributed by atoms with van der Waals surface area (Å²) in [7, 11) is 0.